The Hall–Kier alpha value is -1.25. The number of allylic oxidation sites excluding steroid dienone is 2. The largest absolute Gasteiger partial charge is 0.466 e. The highest BCUT2D eigenvalue weighted by Crippen LogP contribution is 2.23. The van der Waals surface area contributed by atoms with Crippen LogP contribution in [-0.4, -0.2) is 13.1 Å². The Morgan fingerprint density at radius 1 is 1.16 bits per heavy atom. The van der Waals surface area contributed by atoms with Crippen molar-refractivity contribution in [3.63, 3.8) is 0 Å². The van der Waals surface area contributed by atoms with E-state index in [2.05, 4.69) is 4.74 Å². The Kier molecular flexibility index (Phi) is 7.31. The summed E-state index contributed by atoms with van der Waals surface area (Å²) in [7, 11) is 1.33. The number of hydrogen-bond donors (Lipinski definition) is 0. The predicted octanol–water partition coefficient (Wildman–Crippen LogP) is 4.91. The van der Waals surface area contributed by atoms with E-state index in [-0.39, 0.29) is 0 Å². The van der Waals surface area contributed by atoms with Gasteiger partial charge in [-0.25, -0.2) is 4.79 Å². The molecule has 1 aromatic rings. The standard InChI is InChI=1S/C12H10Cl2O2.C3H6/c1-16-12(15)5-3-2-4-9-6-7-10(13)11(14)8-9;1-2-3-1/h2-8H,1H3;1-3H2. The van der Waals surface area contributed by atoms with Gasteiger partial charge in [0, 0.05) is 6.08 Å². The van der Waals surface area contributed by atoms with E-state index in [1.807, 2.05) is 12.1 Å². The van der Waals surface area contributed by atoms with Crippen molar-refractivity contribution in [2.75, 3.05) is 7.11 Å². The summed E-state index contributed by atoms with van der Waals surface area (Å²) < 4.78 is 4.44. The Morgan fingerprint density at radius 3 is 2.37 bits per heavy atom. The SMILES string of the molecule is C1CC1.COC(=O)C=CC=Cc1ccc(Cl)c(Cl)c1. The molecule has 1 aromatic carbocycles. The Balaban J connectivity index is 0.000000524. The minimum atomic E-state index is -0.390. The van der Waals surface area contributed by atoms with Crippen LogP contribution in [-0.2, 0) is 9.53 Å². The summed E-state index contributed by atoms with van der Waals surface area (Å²) in [4.78, 5) is 10.7. The van der Waals surface area contributed by atoms with Crippen molar-refractivity contribution in [3.05, 3.63) is 52.0 Å². The maximum Gasteiger partial charge on any atom is 0.330 e. The van der Waals surface area contributed by atoms with Gasteiger partial charge in [0.05, 0.1) is 17.2 Å². The smallest absolute Gasteiger partial charge is 0.330 e. The molecule has 1 saturated carbocycles. The zero-order valence-corrected chi connectivity index (χ0v) is 12.2. The van der Waals surface area contributed by atoms with E-state index < -0.39 is 5.97 Å². The maximum absolute atomic E-state index is 10.7. The molecule has 1 aliphatic rings. The third kappa shape index (κ3) is 7.70. The quantitative estimate of drug-likeness (QED) is 0.450. The fourth-order valence-corrected chi connectivity index (χ4v) is 1.29. The van der Waals surface area contributed by atoms with Gasteiger partial charge >= 0.3 is 5.97 Å². The summed E-state index contributed by atoms with van der Waals surface area (Å²) in [5.74, 6) is -0.390. The van der Waals surface area contributed by atoms with Crippen LogP contribution in [0.15, 0.2) is 36.4 Å². The second kappa shape index (κ2) is 8.78. The first kappa shape index (κ1) is 15.8. The van der Waals surface area contributed by atoms with Crippen LogP contribution in [0.1, 0.15) is 24.8 Å². The molecule has 0 heterocycles. The third-order valence-electron chi connectivity index (χ3n) is 2.13. The molecular formula is C15H16Cl2O2. The topological polar surface area (TPSA) is 26.3 Å². The monoisotopic (exact) mass is 298 g/mol. The Labute approximate surface area is 123 Å². The molecule has 102 valence electrons. The lowest BCUT2D eigenvalue weighted by molar-refractivity contribution is -0.134. The number of carbonyl (C=O) groups is 1. The fraction of sp³-hybridized carbons (Fsp3) is 0.267. The van der Waals surface area contributed by atoms with Gasteiger partial charge < -0.3 is 4.74 Å². The zero-order valence-electron chi connectivity index (χ0n) is 10.7. The molecule has 2 nitrogen and oxygen atoms in total. The molecule has 4 heteroatoms. The number of ether oxygens (including phenoxy) is 1. The second-order valence-corrected chi connectivity index (χ2v) is 4.79. The number of halogens is 2. The number of esters is 1. The average molecular weight is 299 g/mol. The van der Waals surface area contributed by atoms with E-state index in [1.165, 1.54) is 32.4 Å². The van der Waals surface area contributed by atoms with Crippen molar-refractivity contribution >= 4 is 35.2 Å². The molecule has 0 saturated heterocycles. The number of hydrogen-bond acceptors (Lipinski definition) is 2. The lowest BCUT2D eigenvalue weighted by Gasteiger charge is -1.96. The van der Waals surface area contributed by atoms with E-state index in [1.54, 1.807) is 24.3 Å². The van der Waals surface area contributed by atoms with Gasteiger partial charge in [-0.3, -0.25) is 0 Å². The summed E-state index contributed by atoms with van der Waals surface area (Å²) in [6.45, 7) is 0. The molecule has 0 atom stereocenters. The summed E-state index contributed by atoms with van der Waals surface area (Å²) in [6.07, 6.45) is 10.9. The molecule has 0 radical (unpaired) electrons. The van der Waals surface area contributed by atoms with Gasteiger partial charge in [-0.15, -0.1) is 0 Å². The number of carbonyl (C=O) groups excluding carboxylic acids is 1. The van der Waals surface area contributed by atoms with Crippen LogP contribution in [0.25, 0.3) is 6.08 Å². The van der Waals surface area contributed by atoms with E-state index in [0.29, 0.717) is 10.0 Å². The van der Waals surface area contributed by atoms with Gasteiger partial charge in [0.1, 0.15) is 0 Å². The molecule has 0 bridgehead atoms. The van der Waals surface area contributed by atoms with Crippen LogP contribution in [0, 0.1) is 0 Å². The first-order valence-electron chi connectivity index (χ1n) is 6.01. The minimum absolute atomic E-state index is 0.390. The normalized spacial score (nSPS) is 13.2. The van der Waals surface area contributed by atoms with Crippen molar-refractivity contribution < 1.29 is 9.53 Å². The second-order valence-electron chi connectivity index (χ2n) is 3.98. The fourth-order valence-electron chi connectivity index (χ4n) is 0.985. The van der Waals surface area contributed by atoms with Crippen molar-refractivity contribution in [3.8, 4) is 0 Å². The van der Waals surface area contributed by atoms with Gasteiger partial charge in [0.25, 0.3) is 0 Å². The Bertz CT molecular complexity index is 474. The molecule has 0 aliphatic heterocycles. The molecule has 1 fully saturated rings. The van der Waals surface area contributed by atoms with Gasteiger partial charge in [-0.2, -0.15) is 0 Å². The molecule has 0 unspecified atom stereocenters. The minimum Gasteiger partial charge on any atom is -0.466 e. The molecular weight excluding hydrogens is 283 g/mol. The van der Waals surface area contributed by atoms with Crippen molar-refractivity contribution in [1.82, 2.24) is 0 Å². The molecule has 0 spiro atoms. The molecule has 0 N–H and O–H groups in total. The average Bonchev–Trinajstić information content (AvgIpc) is 3.26. The highest BCUT2D eigenvalue weighted by atomic mass is 35.5. The number of rotatable bonds is 3. The van der Waals surface area contributed by atoms with E-state index in [4.69, 9.17) is 23.2 Å². The first-order valence-corrected chi connectivity index (χ1v) is 6.77. The van der Waals surface area contributed by atoms with Crippen LogP contribution < -0.4 is 0 Å². The van der Waals surface area contributed by atoms with Gasteiger partial charge in [-0.05, 0) is 17.7 Å². The van der Waals surface area contributed by atoms with Gasteiger partial charge in [0.15, 0.2) is 0 Å². The molecule has 1 aliphatic carbocycles. The van der Waals surface area contributed by atoms with Crippen molar-refractivity contribution in [2.45, 2.75) is 19.3 Å². The van der Waals surface area contributed by atoms with Gasteiger partial charge in [0.2, 0.25) is 0 Å². The number of benzene rings is 1. The van der Waals surface area contributed by atoms with Crippen LogP contribution in [0.4, 0.5) is 0 Å². The van der Waals surface area contributed by atoms with Crippen LogP contribution in [0.5, 0.6) is 0 Å². The lowest BCUT2D eigenvalue weighted by atomic mass is 10.2. The molecule has 19 heavy (non-hydrogen) atoms. The number of methoxy groups -OCH3 is 1. The maximum atomic E-state index is 10.7. The van der Waals surface area contributed by atoms with Crippen LogP contribution in [0.2, 0.25) is 10.0 Å². The van der Waals surface area contributed by atoms with Crippen molar-refractivity contribution in [2.24, 2.45) is 0 Å². The van der Waals surface area contributed by atoms with E-state index in [9.17, 15) is 4.79 Å². The summed E-state index contributed by atoms with van der Waals surface area (Å²) >= 11 is 11.6. The summed E-state index contributed by atoms with van der Waals surface area (Å²) in [6, 6.07) is 5.29. The van der Waals surface area contributed by atoms with E-state index in [0.717, 1.165) is 5.56 Å². The molecule has 0 aromatic heterocycles. The highest BCUT2D eigenvalue weighted by Gasteiger charge is 1.96. The van der Waals surface area contributed by atoms with Gasteiger partial charge in [-0.1, -0.05) is 66.8 Å². The van der Waals surface area contributed by atoms with E-state index >= 15 is 0 Å². The Morgan fingerprint density at radius 2 is 1.84 bits per heavy atom. The summed E-state index contributed by atoms with van der Waals surface area (Å²) in [5.41, 5.74) is 0.906. The third-order valence-corrected chi connectivity index (χ3v) is 2.87. The van der Waals surface area contributed by atoms with Crippen molar-refractivity contribution in [1.29, 1.82) is 0 Å². The van der Waals surface area contributed by atoms with Crippen LogP contribution >= 0.6 is 23.2 Å². The predicted molar refractivity (Wildman–Crippen MR) is 80.5 cm³/mol. The zero-order chi connectivity index (χ0) is 14.1. The summed E-state index contributed by atoms with van der Waals surface area (Å²) in [5, 5.41) is 1.02. The molecule has 0 amide bonds. The lowest BCUT2D eigenvalue weighted by Crippen LogP contribution is -1.92. The van der Waals surface area contributed by atoms with Crippen LogP contribution in [0.3, 0.4) is 0 Å². The first-order chi connectivity index (χ1) is 9.13. The molecule has 2 rings (SSSR count). The highest BCUT2D eigenvalue weighted by molar-refractivity contribution is 6.42.